The van der Waals surface area contributed by atoms with Crippen molar-refractivity contribution in [1.29, 1.82) is 0 Å². The fourth-order valence-electron chi connectivity index (χ4n) is 2.70. The number of hydrogen-bond donors (Lipinski definition) is 1. The number of unbranched alkanes of at least 4 members (excludes halogenated alkanes) is 1. The molecule has 1 heterocycles. The van der Waals surface area contributed by atoms with Crippen LogP contribution in [0.5, 0.6) is 0 Å². The molecule has 0 saturated carbocycles. The maximum atomic E-state index is 12.1. The average Bonchev–Trinajstić information content (AvgIpc) is 2.39. The van der Waals surface area contributed by atoms with Crippen LogP contribution in [0.4, 0.5) is 0 Å². The van der Waals surface area contributed by atoms with Crippen LogP contribution in [0.15, 0.2) is 4.99 Å². The van der Waals surface area contributed by atoms with Crippen LogP contribution in [0.3, 0.4) is 0 Å². The van der Waals surface area contributed by atoms with Crippen LogP contribution in [0, 0.1) is 5.41 Å². The van der Waals surface area contributed by atoms with E-state index in [2.05, 4.69) is 31.0 Å². The molecule has 0 atom stereocenters. The fourth-order valence-corrected chi connectivity index (χ4v) is 4.07. The number of aliphatic imine (C=N–C) groups is 1. The second kappa shape index (κ2) is 9.59. The van der Waals surface area contributed by atoms with Crippen LogP contribution in [0.25, 0.3) is 0 Å². The first-order chi connectivity index (χ1) is 10.5. The maximum Gasteiger partial charge on any atom is 0.193 e. The van der Waals surface area contributed by atoms with Gasteiger partial charge in [0.05, 0.1) is 10.5 Å². The number of guanidine groups is 1. The molecule has 5 nitrogen and oxygen atoms in total. The highest BCUT2D eigenvalue weighted by Gasteiger charge is 2.40. The van der Waals surface area contributed by atoms with Gasteiger partial charge in [0.2, 0.25) is 0 Å². The van der Waals surface area contributed by atoms with E-state index in [-0.39, 0.29) is 29.7 Å². The van der Waals surface area contributed by atoms with Gasteiger partial charge < -0.3 is 10.2 Å². The lowest BCUT2D eigenvalue weighted by molar-refractivity contribution is 0.351. The van der Waals surface area contributed by atoms with Crippen LogP contribution < -0.4 is 5.32 Å². The molecule has 0 aromatic rings. The van der Waals surface area contributed by atoms with E-state index in [1.165, 1.54) is 12.8 Å². The van der Waals surface area contributed by atoms with Gasteiger partial charge >= 0.3 is 0 Å². The summed E-state index contributed by atoms with van der Waals surface area (Å²) in [7, 11) is -3.01. The topological polar surface area (TPSA) is 61.8 Å². The van der Waals surface area contributed by atoms with Crippen molar-refractivity contribution in [2.24, 2.45) is 10.4 Å². The Morgan fingerprint density at radius 1 is 1.25 bits per heavy atom. The van der Waals surface area contributed by atoms with Gasteiger partial charge in [-0.2, -0.15) is 0 Å². The average molecular weight is 473 g/mol. The highest BCUT2D eigenvalue weighted by Crippen LogP contribution is 2.24. The smallest absolute Gasteiger partial charge is 0.193 e. The van der Waals surface area contributed by atoms with Crippen molar-refractivity contribution >= 4 is 39.8 Å². The summed E-state index contributed by atoms with van der Waals surface area (Å²) in [4.78, 5) is 6.80. The highest BCUT2D eigenvalue weighted by molar-refractivity contribution is 14.0. The molecule has 1 rings (SSSR count). The Kier molecular flexibility index (Phi) is 9.57. The van der Waals surface area contributed by atoms with Crippen molar-refractivity contribution in [1.82, 2.24) is 10.2 Å². The molecule has 1 fully saturated rings. The first-order valence-corrected chi connectivity index (χ1v) is 10.4. The Labute approximate surface area is 166 Å². The fraction of sp³-hybridized carbons (Fsp3) is 0.941. The van der Waals surface area contributed by atoms with Crippen molar-refractivity contribution in [2.75, 3.05) is 31.9 Å². The van der Waals surface area contributed by atoms with E-state index in [1.54, 1.807) is 13.8 Å². The summed E-state index contributed by atoms with van der Waals surface area (Å²) in [6.07, 6.45) is 3.45. The summed E-state index contributed by atoms with van der Waals surface area (Å²) in [5.74, 6) is 1.06. The van der Waals surface area contributed by atoms with Crippen molar-refractivity contribution in [3.63, 3.8) is 0 Å². The number of rotatable bonds is 5. The second-order valence-corrected chi connectivity index (χ2v) is 11.0. The molecule has 0 unspecified atom stereocenters. The lowest BCUT2D eigenvalue weighted by Crippen LogP contribution is -2.57. The summed E-state index contributed by atoms with van der Waals surface area (Å²) < 4.78 is 23.6. The Hall–Kier alpha value is -0.0500. The minimum Gasteiger partial charge on any atom is -0.357 e. The van der Waals surface area contributed by atoms with Gasteiger partial charge in [-0.3, -0.25) is 4.99 Å². The minimum absolute atomic E-state index is 0. The summed E-state index contributed by atoms with van der Waals surface area (Å²) in [5.41, 5.74) is 0.374. The number of halogens is 1. The van der Waals surface area contributed by atoms with E-state index < -0.39 is 14.6 Å². The molecule has 1 saturated heterocycles. The van der Waals surface area contributed by atoms with Gasteiger partial charge in [-0.05, 0) is 39.0 Å². The van der Waals surface area contributed by atoms with Crippen molar-refractivity contribution < 1.29 is 8.42 Å². The van der Waals surface area contributed by atoms with Gasteiger partial charge in [0.1, 0.15) is 0 Å². The Morgan fingerprint density at radius 2 is 1.88 bits per heavy atom. The highest BCUT2D eigenvalue weighted by atomic mass is 127. The van der Waals surface area contributed by atoms with Gasteiger partial charge in [0.25, 0.3) is 0 Å². The third kappa shape index (κ3) is 7.45. The molecule has 1 aliphatic rings. The largest absolute Gasteiger partial charge is 0.357 e. The quantitative estimate of drug-likeness (QED) is 0.288. The van der Waals surface area contributed by atoms with Crippen LogP contribution in [0.1, 0.15) is 60.8 Å². The van der Waals surface area contributed by atoms with E-state index >= 15 is 0 Å². The number of nitrogens with zero attached hydrogens (tertiary/aromatic N) is 2. The van der Waals surface area contributed by atoms with Crippen molar-refractivity contribution in [3.8, 4) is 0 Å². The molecule has 0 aromatic carbocycles. The molecule has 0 aliphatic carbocycles. The third-order valence-corrected chi connectivity index (χ3v) is 6.81. The zero-order chi connectivity index (χ0) is 17.7. The molecule has 1 aliphatic heterocycles. The molecule has 0 aromatic heterocycles. The van der Waals surface area contributed by atoms with E-state index in [0.717, 1.165) is 25.5 Å². The van der Waals surface area contributed by atoms with Gasteiger partial charge in [0, 0.05) is 26.2 Å². The number of nitrogens with one attached hydrogen (secondary N) is 1. The predicted molar refractivity (Wildman–Crippen MR) is 114 cm³/mol. The zero-order valence-corrected chi connectivity index (χ0v) is 19.3. The van der Waals surface area contributed by atoms with Crippen molar-refractivity contribution in [3.05, 3.63) is 0 Å². The van der Waals surface area contributed by atoms with Crippen molar-refractivity contribution in [2.45, 2.75) is 65.6 Å². The summed E-state index contributed by atoms with van der Waals surface area (Å²) in [6.45, 7) is 15.1. The van der Waals surface area contributed by atoms with Crippen LogP contribution in [-0.2, 0) is 9.84 Å². The van der Waals surface area contributed by atoms with E-state index in [0.29, 0.717) is 18.5 Å². The minimum atomic E-state index is -3.01. The summed E-state index contributed by atoms with van der Waals surface area (Å²) in [5, 5.41) is 3.31. The Balaban J connectivity index is 0.00000529. The number of sulfone groups is 1. The monoisotopic (exact) mass is 473 g/mol. The Morgan fingerprint density at radius 3 is 2.38 bits per heavy atom. The van der Waals surface area contributed by atoms with Gasteiger partial charge in [-0.15, -0.1) is 24.0 Å². The molecular weight excluding hydrogens is 437 g/mol. The van der Waals surface area contributed by atoms with Crippen LogP contribution >= 0.6 is 24.0 Å². The van der Waals surface area contributed by atoms with Gasteiger partial charge in [-0.1, -0.05) is 27.2 Å². The molecule has 0 spiro atoms. The lowest BCUT2D eigenvalue weighted by Gasteiger charge is -2.39. The first-order valence-electron chi connectivity index (χ1n) is 8.74. The van der Waals surface area contributed by atoms with Gasteiger partial charge in [0.15, 0.2) is 15.8 Å². The van der Waals surface area contributed by atoms with Crippen LogP contribution in [0.2, 0.25) is 0 Å². The lowest BCUT2D eigenvalue weighted by atomic mass is 9.90. The molecule has 144 valence electrons. The maximum absolute atomic E-state index is 12.1. The molecule has 7 heteroatoms. The predicted octanol–water partition coefficient (Wildman–Crippen LogP) is 3.30. The van der Waals surface area contributed by atoms with E-state index in [9.17, 15) is 8.42 Å². The number of hydrogen-bond acceptors (Lipinski definition) is 3. The SMILES string of the molecule is CCNC(=NCCCCC(C)(C)C)N1CCS(=O)(=O)C(C)(C)C1.I. The summed E-state index contributed by atoms with van der Waals surface area (Å²) in [6, 6.07) is 0. The van der Waals surface area contributed by atoms with E-state index in [1.807, 2.05) is 6.92 Å². The molecule has 0 bridgehead atoms. The van der Waals surface area contributed by atoms with Crippen LogP contribution in [-0.4, -0.2) is 56.0 Å². The standard InChI is InChI=1S/C17H35N3O2S.HI/c1-7-18-15(19-11-9-8-10-16(2,3)4)20-12-13-23(21,22)17(5,6)14-20;/h7-14H2,1-6H3,(H,18,19);1H. The molecule has 0 amide bonds. The normalized spacial score (nSPS) is 20.4. The van der Waals surface area contributed by atoms with E-state index in [4.69, 9.17) is 4.99 Å². The van der Waals surface area contributed by atoms with Gasteiger partial charge in [-0.25, -0.2) is 8.42 Å². The molecular formula is C17H36IN3O2S. The zero-order valence-electron chi connectivity index (χ0n) is 16.2. The molecule has 1 N–H and O–H groups in total. The molecule has 24 heavy (non-hydrogen) atoms. The third-order valence-electron chi connectivity index (χ3n) is 4.27. The molecule has 0 radical (unpaired) electrons. The second-order valence-electron chi connectivity index (χ2n) is 8.25. The summed E-state index contributed by atoms with van der Waals surface area (Å²) >= 11 is 0. The Bertz CT molecular complexity index is 510. The first kappa shape index (κ1) is 23.9.